The lowest BCUT2D eigenvalue weighted by molar-refractivity contribution is -0.137. The van der Waals surface area contributed by atoms with Crippen LogP contribution in [-0.2, 0) is 12.8 Å². The second-order valence-corrected chi connectivity index (χ2v) is 6.76. The minimum atomic E-state index is -4.44. The lowest BCUT2D eigenvalue weighted by Crippen LogP contribution is -2.08. The number of ether oxygens (including phenoxy) is 1. The Morgan fingerprint density at radius 1 is 1.06 bits per heavy atom. The van der Waals surface area contributed by atoms with Crippen LogP contribution in [0, 0.1) is 6.92 Å². The van der Waals surface area contributed by atoms with E-state index < -0.39 is 11.7 Å². The van der Waals surface area contributed by atoms with Gasteiger partial charge < -0.3 is 9.26 Å². The summed E-state index contributed by atoms with van der Waals surface area (Å²) >= 11 is 0. The molecule has 5 aromatic rings. The topological polar surface area (TPSA) is 91.2 Å². The summed E-state index contributed by atoms with van der Waals surface area (Å²) in [6, 6.07) is 11.3. The van der Waals surface area contributed by atoms with Gasteiger partial charge in [0.05, 0.1) is 11.3 Å². The summed E-state index contributed by atoms with van der Waals surface area (Å²) in [5.41, 5.74) is 0.475. The van der Waals surface area contributed by atoms with Crippen LogP contribution in [0.4, 0.5) is 13.2 Å². The van der Waals surface area contributed by atoms with Crippen LogP contribution in [0.2, 0.25) is 0 Å². The predicted octanol–water partition coefficient (Wildman–Crippen LogP) is 4.23. The first-order valence-corrected chi connectivity index (χ1v) is 9.13. The van der Waals surface area contributed by atoms with Crippen molar-refractivity contribution in [2.45, 2.75) is 19.7 Å². The largest absolute Gasteiger partial charge is 0.470 e. The molecule has 31 heavy (non-hydrogen) atoms. The van der Waals surface area contributed by atoms with E-state index >= 15 is 0 Å². The number of pyridine rings is 1. The molecule has 0 saturated carbocycles. The maximum atomic E-state index is 12.7. The number of hydrogen-bond acceptors (Lipinski definition) is 7. The molecule has 4 aromatic heterocycles. The summed E-state index contributed by atoms with van der Waals surface area (Å²) in [4.78, 5) is 3.83. The Morgan fingerprint density at radius 2 is 1.87 bits per heavy atom. The fourth-order valence-electron chi connectivity index (χ4n) is 3.11. The first-order chi connectivity index (χ1) is 14.9. The van der Waals surface area contributed by atoms with Crippen molar-refractivity contribution in [1.82, 2.24) is 30.0 Å². The molecule has 0 amide bonds. The van der Waals surface area contributed by atoms with Gasteiger partial charge in [-0.15, -0.1) is 15.3 Å². The molecule has 0 fully saturated rings. The van der Waals surface area contributed by atoms with Crippen molar-refractivity contribution >= 4 is 16.4 Å². The van der Waals surface area contributed by atoms with Crippen LogP contribution >= 0.6 is 0 Å². The van der Waals surface area contributed by atoms with E-state index in [2.05, 4.69) is 25.4 Å². The van der Waals surface area contributed by atoms with Gasteiger partial charge in [0, 0.05) is 23.0 Å². The Morgan fingerprint density at radius 3 is 2.55 bits per heavy atom. The van der Waals surface area contributed by atoms with Crippen molar-refractivity contribution < 1.29 is 22.4 Å². The van der Waals surface area contributed by atoms with Crippen LogP contribution in [0.5, 0.6) is 5.88 Å². The van der Waals surface area contributed by atoms with Gasteiger partial charge in [0.2, 0.25) is 11.7 Å². The Balaban J connectivity index is 1.54. The zero-order valence-corrected chi connectivity index (χ0v) is 16.0. The zero-order valence-electron chi connectivity index (χ0n) is 16.0. The summed E-state index contributed by atoms with van der Waals surface area (Å²) in [6.45, 7) is 1.69. The highest BCUT2D eigenvalue weighted by molar-refractivity contribution is 5.96. The normalized spacial score (nSPS) is 12.0. The van der Waals surface area contributed by atoms with Crippen LogP contribution in [-0.4, -0.2) is 30.0 Å². The maximum absolute atomic E-state index is 12.7. The molecule has 11 heteroatoms. The van der Waals surface area contributed by atoms with E-state index in [1.54, 1.807) is 13.0 Å². The third-order valence-electron chi connectivity index (χ3n) is 4.60. The Hall–Kier alpha value is -4.02. The number of aryl methyl sites for hydroxylation is 1. The van der Waals surface area contributed by atoms with Gasteiger partial charge in [-0.2, -0.15) is 17.7 Å². The molecule has 0 saturated heterocycles. The summed E-state index contributed by atoms with van der Waals surface area (Å²) in [6.07, 6.45) is -3.67. The van der Waals surface area contributed by atoms with Crippen LogP contribution < -0.4 is 4.74 Å². The van der Waals surface area contributed by atoms with Crippen molar-refractivity contribution in [3.63, 3.8) is 0 Å². The number of hydrogen-bond donors (Lipinski definition) is 0. The summed E-state index contributed by atoms with van der Waals surface area (Å²) in [5.74, 6) is 1.23. The van der Waals surface area contributed by atoms with Crippen LogP contribution in [0.1, 0.15) is 17.0 Å². The number of fused-ring (bicyclic) bond motifs is 3. The fourth-order valence-corrected chi connectivity index (χ4v) is 3.11. The third kappa shape index (κ3) is 3.43. The van der Waals surface area contributed by atoms with Gasteiger partial charge in [0.1, 0.15) is 12.4 Å². The molecule has 0 unspecified atom stereocenters. The Kier molecular flexibility index (Phi) is 4.31. The van der Waals surface area contributed by atoms with Crippen LogP contribution in [0.3, 0.4) is 0 Å². The number of nitrogens with zero attached hydrogens (tertiary/aromatic N) is 6. The highest BCUT2D eigenvalue weighted by Gasteiger charge is 2.30. The van der Waals surface area contributed by atoms with E-state index in [4.69, 9.17) is 9.26 Å². The SMILES string of the molecule is Cc1cc(-c2nnc3c4ccccc4c(OCc4ccc(C(F)(F)F)cn4)nn23)no1. The number of benzene rings is 1. The molecule has 0 spiro atoms. The molecule has 0 bridgehead atoms. The Bertz CT molecular complexity index is 1390. The van der Waals surface area contributed by atoms with Gasteiger partial charge in [-0.3, -0.25) is 4.98 Å². The molecule has 0 radical (unpaired) electrons. The molecular weight excluding hydrogens is 413 g/mol. The number of halogens is 3. The van der Waals surface area contributed by atoms with Crippen molar-refractivity contribution in [1.29, 1.82) is 0 Å². The molecule has 4 heterocycles. The lowest BCUT2D eigenvalue weighted by atomic mass is 10.2. The standard InChI is InChI=1S/C20H13F3N6O2/c1-11-8-16(28-31-11)18-26-25-17-14-4-2-3-5-15(14)19(27-29(17)18)30-10-13-7-6-12(9-24-13)20(21,22)23/h2-9H,10H2,1H3. The molecule has 0 aliphatic carbocycles. The maximum Gasteiger partial charge on any atom is 0.417 e. The van der Waals surface area contributed by atoms with E-state index in [1.807, 2.05) is 24.3 Å². The number of rotatable bonds is 4. The number of aromatic nitrogens is 6. The average molecular weight is 426 g/mol. The first kappa shape index (κ1) is 19.0. The molecule has 0 aliphatic heterocycles. The molecule has 0 N–H and O–H groups in total. The van der Waals surface area contributed by atoms with Crippen molar-refractivity contribution in [2.75, 3.05) is 0 Å². The molecule has 5 rings (SSSR count). The molecule has 8 nitrogen and oxygen atoms in total. The lowest BCUT2D eigenvalue weighted by Gasteiger charge is -2.10. The minimum absolute atomic E-state index is 0.0683. The average Bonchev–Trinajstić information content (AvgIpc) is 3.37. The monoisotopic (exact) mass is 426 g/mol. The summed E-state index contributed by atoms with van der Waals surface area (Å²) in [5, 5.41) is 18.3. The van der Waals surface area contributed by atoms with Crippen molar-refractivity contribution in [3.8, 4) is 17.4 Å². The minimum Gasteiger partial charge on any atom is -0.470 e. The van der Waals surface area contributed by atoms with Crippen molar-refractivity contribution in [3.05, 3.63) is 65.7 Å². The first-order valence-electron chi connectivity index (χ1n) is 9.13. The summed E-state index contributed by atoms with van der Waals surface area (Å²) in [7, 11) is 0. The number of alkyl halides is 3. The highest BCUT2D eigenvalue weighted by Crippen LogP contribution is 2.30. The van der Waals surface area contributed by atoms with Gasteiger partial charge in [0.25, 0.3) is 0 Å². The van der Waals surface area contributed by atoms with E-state index in [0.717, 1.165) is 17.6 Å². The van der Waals surface area contributed by atoms with E-state index in [0.29, 0.717) is 34.0 Å². The Labute approximate surface area is 172 Å². The van der Waals surface area contributed by atoms with Gasteiger partial charge in [-0.05, 0) is 25.1 Å². The zero-order chi connectivity index (χ0) is 21.6. The van der Waals surface area contributed by atoms with Crippen LogP contribution in [0.15, 0.2) is 53.2 Å². The van der Waals surface area contributed by atoms with E-state index in [1.165, 1.54) is 10.6 Å². The molecular formula is C20H13F3N6O2. The van der Waals surface area contributed by atoms with E-state index in [9.17, 15) is 13.2 Å². The van der Waals surface area contributed by atoms with Gasteiger partial charge >= 0.3 is 6.18 Å². The van der Waals surface area contributed by atoms with Crippen LogP contribution in [0.25, 0.3) is 27.9 Å². The predicted molar refractivity (Wildman–Crippen MR) is 102 cm³/mol. The molecule has 0 aliphatic rings. The van der Waals surface area contributed by atoms with Gasteiger partial charge in [-0.1, -0.05) is 23.4 Å². The smallest absolute Gasteiger partial charge is 0.417 e. The van der Waals surface area contributed by atoms with E-state index in [-0.39, 0.29) is 12.5 Å². The molecule has 0 atom stereocenters. The van der Waals surface area contributed by atoms with Gasteiger partial charge in [-0.25, -0.2) is 0 Å². The summed E-state index contributed by atoms with van der Waals surface area (Å²) < 4.78 is 50.6. The second-order valence-electron chi connectivity index (χ2n) is 6.76. The molecule has 156 valence electrons. The highest BCUT2D eigenvalue weighted by atomic mass is 19.4. The third-order valence-corrected chi connectivity index (χ3v) is 4.60. The van der Waals surface area contributed by atoms with Crippen molar-refractivity contribution in [2.24, 2.45) is 0 Å². The molecule has 1 aromatic carbocycles. The second kappa shape index (κ2) is 7.04. The fraction of sp³-hybridized carbons (Fsp3) is 0.150. The quantitative estimate of drug-likeness (QED) is 0.425. The van der Waals surface area contributed by atoms with Gasteiger partial charge in [0.15, 0.2) is 11.3 Å².